The molecule has 3 heterocycles. The van der Waals surface area contributed by atoms with E-state index in [0.717, 1.165) is 37.9 Å². The van der Waals surface area contributed by atoms with E-state index < -0.39 is 0 Å². The van der Waals surface area contributed by atoms with Crippen LogP contribution in [0.1, 0.15) is 41.0 Å². The minimum atomic E-state index is 0.00140. The first-order valence-corrected chi connectivity index (χ1v) is 7.72. The first-order chi connectivity index (χ1) is 10.7. The Hall–Kier alpha value is -2.30. The molecule has 0 radical (unpaired) electrons. The molecule has 5 heteroatoms. The normalized spacial score (nSPS) is 17.7. The van der Waals surface area contributed by atoms with Crippen LogP contribution in [0.15, 0.2) is 36.9 Å². The van der Waals surface area contributed by atoms with Crippen LogP contribution in [-0.4, -0.2) is 38.3 Å². The van der Waals surface area contributed by atoms with E-state index >= 15 is 0 Å². The Balaban J connectivity index is 1.65. The highest BCUT2D eigenvalue weighted by atomic mass is 16.2. The number of hydrogen-bond donors (Lipinski definition) is 0. The summed E-state index contributed by atoms with van der Waals surface area (Å²) in [6, 6.07) is 4.46. The van der Waals surface area contributed by atoms with E-state index in [1.165, 1.54) is 5.56 Å². The second-order valence-electron chi connectivity index (χ2n) is 5.73. The van der Waals surface area contributed by atoms with Crippen molar-refractivity contribution in [1.29, 1.82) is 0 Å². The molecule has 3 rings (SSSR count). The molecule has 1 saturated heterocycles. The van der Waals surface area contributed by atoms with Crippen LogP contribution >= 0.6 is 0 Å². The van der Waals surface area contributed by atoms with Gasteiger partial charge in [0.05, 0.1) is 6.20 Å². The Labute approximate surface area is 130 Å². The van der Waals surface area contributed by atoms with Gasteiger partial charge >= 0.3 is 0 Å². The minimum absolute atomic E-state index is 0.00140. The fraction of sp³-hybridized carbons (Fsp3) is 0.412. The molecule has 114 valence electrons. The van der Waals surface area contributed by atoms with Gasteiger partial charge < -0.3 is 4.90 Å². The lowest BCUT2D eigenvalue weighted by Gasteiger charge is -2.24. The van der Waals surface area contributed by atoms with Crippen LogP contribution in [0, 0.1) is 6.92 Å². The molecular formula is C17H20N4O. The zero-order valence-electron chi connectivity index (χ0n) is 12.8. The van der Waals surface area contributed by atoms with Gasteiger partial charge in [-0.3, -0.25) is 14.8 Å². The standard InChI is InChI=1S/C17H20N4O/c1-13-11-14(6-7-19-13)4-5-15-3-2-10-21(15)17(22)16-12-18-8-9-20-16/h6-9,11-12,15H,2-5,10H2,1H3. The Morgan fingerprint density at radius 2 is 2.23 bits per heavy atom. The highest BCUT2D eigenvalue weighted by Crippen LogP contribution is 2.23. The quantitative estimate of drug-likeness (QED) is 0.869. The summed E-state index contributed by atoms with van der Waals surface area (Å²) in [5.74, 6) is 0.00140. The van der Waals surface area contributed by atoms with E-state index in [1.807, 2.05) is 18.0 Å². The second-order valence-corrected chi connectivity index (χ2v) is 5.73. The van der Waals surface area contributed by atoms with Gasteiger partial charge in [0.2, 0.25) is 0 Å². The van der Waals surface area contributed by atoms with E-state index in [0.29, 0.717) is 11.7 Å². The molecule has 1 atom stereocenters. The van der Waals surface area contributed by atoms with Gasteiger partial charge in [0.1, 0.15) is 5.69 Å². The number of carbonyl (C=O) groups excluding carboxylic acids is 1. The minimum Gasteiger partial charge on any atom is -0.334 e. The number of likely N-dealkylation sites (tertiary alicyclic amines) is 1. The van der Waals surface area contributed by atoms with E-state index in [4.69, 9.17) is 0 Å². The number of amides is 1. The average molecular weight is 296 g/mol. The molecule has 0 bridgehead atoms. The van der Waals surface area contributed by atoms with Crippen LogP contribution in [0.5, 0.6) is 0 Å². The maximum atomic E-state index is 12.5. The summed E-state index contributed by atoms with van der Waals surface area (Å²) in [4.78, 5) is 26.8. The van der Waals surface area contributed by atoms with Crippen molar-refractivity contribution in [2.24, 2.45) is 0 Å². The van der Waals surface area contributed by atoms with Crippen molar-refractivity contribution in [2.75, 3.05) is 6.54 Å². The van der Waals surface area contributed by atoms with Gasteiger partial charge in [-0.2, -0.15) is 0 Å². The molecule has 0 aromatic carbocycles. The average Bonchev–Trinajstić information content (AvgIpc) is 3.01. The highest BCUT2D eigenvalue weighted by Gasteiger charge is 2.29. The molecule has 1 fully saturated rings. The van der Waals surface area contributed by atoms with Crippen LogP contribution < -0.4 is 0 Å². The smallest absolute Gasteiger partial charge is 0.274 e. The van der Waals surface area contributed by atoms with Crippen LogP contribution in [-0.2, 0) is 6.42 Å². The second kappa shape index (κ2) is 6.64. The molecular weight excluding hydrogens is 276 g/mol. The third kappa shape index (κ3) is 3.30. The SMILES string of the molecule is Cc1cc(CCC2CCCN2C(=O)c2cnccn2)ccn1. The molecule has 0 aliphatic carbocycles. The monoisotopic (exact) mass is 296 g/mol. The molecule has 2 aromatic heterocycles. The summed E-state index contributed by atoms with van der Waals surface area (Å²) in [7, 11) is 0. The van der Waals surface area contributed by atoms with Crippen LogP contribution in [0.4, 0.5) is 0 Å². The summed E-state index contributed by atoms with van der Waals surface area (Å²) in [5.41, 5.74) is 2.76. The van der Waals surface area contributed by atoms with Crippen molar-refractivity contribution in [2.45, 2.75) is 38.6 Å². The zero-order chi connectivity index (χ0) is 15.4. The lowest BCUT2D eigenvalue weighted by atomic mass is 10.0. The third-order valence-corrected chi connectivity index (χ3v) is 4.15. The topological polar surface area (TPSA) is 59.0 Å². The fourth-order valence-corrected chi connectivity index (χ4v) is 3.05. The largest absolute Gasteiger partial charge is 0.334 e. The third-order valence-electron chi connectivity index (χ3n) is 4.15. The predicted molar refractivity (Wildman–Crippen MR) is 83.4 cm³/mol. The Bertz CT molecular complexity index is 644. The number of aromatic nitrogens is 3. The molecule has 22 heavy (non-hydrogen) atoms. The lowest BCUT2D eigenvalue weighted by molar-refractivity contribution is 0.0724. The molecule has 0 saturated carbocycles. The van der Waals surface area contributed by atoms with E-state index in [2.05, 4.69) is 27.1 Å². The van der Waals surface area contributed by atoms with Crippen molar-refractivity contribution in [3.8, 4) is 0 Å². The zero-order valence-corrected chi connectivity index (χ0v) is 12.8. The molecule has 0 spiro atoms. The van der Waals surface area contributed by atoms with Crippen molar-refractivity contribution >= 4 is 5.91 Å². The molecule has 1 amide bonds. The fourth-order valence-electron chi connectivity index (χ4n) is 3.05. The van der Waals surface area contributed by atoms with Crippen LogP contribution in [0.3, 0.4) is 0 Å². The Kier molecular flexibility index (Phi) is 4.42. The predicted octanol–water partition coefficient (Wildman–Crippen LogP) is 2.42. The summed E-state index contributed by atoms with van der Waals surface area (Å²) in [6.45, 7) is 2.82. The van der Waals surface area contributed by atoms with Gasteiger partial charge in [0.25, 0.3) is 5.91 Å². The van der Waals surface area contributed by atoms with E-state index in [9.17, 15) is 4.79 Å². The first kappa shape index (κ1) is 14.6. The molecule has 5 nitrogen and oxygen atoms in total. The number of aryl methyl sites for hydroxylation is 2. The van der Waals surface area contributed by atoms with E-state index in [1.54, 1.807) is 18.6 Å². The van der Waals surface area contributed by atoms with E-state index in [-0.39, 0.29) is 5.91 Å². The van der Waals surface area contributed by atoms with Gasteiger partial charge in [-0.1, -0.05) is 0 Å². The number of nitrogens with zero attached hydrogens (tertiary/aromatic N) is 4. The van der Waals surface area contributed by atoms with Crippen molar-refractivity contribution < 1.29 is 4.79 Å². The van der Waals surface area contributed by atoms with Crippen LogP contribution in [0.25, 0.3) is 0 Å². The van der Waals surface area contributed by atoms with Gasteiger partial charge in [0, 0.05) is 36.9 Å². The number of hydrogen-bond acceptors (Lipinski definition) is 4. The number of carbonyl (C=O) groups is 1. The Morgan fingerprint density at radius 1 is 1.32 bits per heavy atom. The van der Waals surface area contributed by atoms with Crippen LogP contribution in [0.2, 0.25) is 0 Å². The van der Waals surface area contributed by atoms with Gasteiger partial charge in [0.15, 0.2) is 0 Å². The summed E-state index contributed by atoms with van der Waals surface area (Å²) in [5, 5.41) is 0. The van der Waals surface area contributed by atoms with Gasteiger partial charge in [-0.05, 0) is 50.3 Å². The van der Waals surface area contributed by atoms with Crippen molar-refractivity contribution in [1.82, 2.24) is 19.9 Å². The maximum absolute atomic E-state index is 12.5. The maximum Gasteiger partial charge on any atom is 0.274 e. The summed E-state index contributed by atoms with van der Waals surface area (Å²) in [6.07, 6.45) is 10.6. The van der Waals surface area contributed by atoms with Crippen molar-refractivity contribution in [3.05, 3.63) is 53.9 Å². The van der Waals surface area contributed by atoms with Gasteiger partial charge in [-0.25, -0.2) is 4.98 Å². The molecule has 1 unspecified atom stereocenters. The number of pyridine rings is 1. The number of rotatable bonds is 4. The Morgan fingerprint density at radius 3 is 3.00 bits per heavy atom. The lowest BCUT2D eigenvalue weighted by Crippen LogP contribution is -2.36. The summed E-state index contributed by atoms with van der Waals surface area (Å²) >= 11 is 0. The highest BCUT2D eigenvalue weighted by molar-refractivity contribution is 5.92. The summed E-state index contributed by atoms with van der Waals surface area (Å²) < 4.78 is 0. The molecule has 1 aliphatic heterocycles. The van der Waals surface area contributed by atoms with Gasteiger partial charge in [-0.15, -0.1) is 0 Å². The molecule has 2 aromatic rings. The molecule has 0 N–H and O–H groups in total. The molecule has 1 aliphatic rings. The van der Waals surface area contributed by atoms with Crippen molar-refractivity contribution in [3.63, 3.8) is 0 Å². The first-order valence-electron chi connectivity index (χ1n) is 7.72.